The van der Waals surface area contributed by atoms with Gasteiger partial charge in [0.1, 0.15) is 12.2 Å². The number of carbonyl (C=O) groups is 3. The number of benzene rings is 1. The van der Waals surface area contributed by atoms with Crippen molar-refractivity contribution in [1.82, 2.24) is 0 Å². The third-order valence-corrected chi connectivity index (χ3v) is 12.5. The lowest BCUT2D eigenvalue weighted by molar-refractivity contribution is -0.251. The number of allylic oxidation sites excluding steroid dienone is 1. The van der Waals surface area contributed by atoms with Crippen LogP contribution in [0.4, 0.5) is 0 Å². The molecule has 5 aliphatic rings. The number of hydrogen-bond acceptors (Lipinski definition) is 9. The SMILES string of the molecule is COC(=O)C[C@H]1[C@]2(C)C3=C(C)[C@H](c4ccoc4)C[C@H]3O[C@@H]2[C@@H]2OC[C@]3(C)[C@H](OC(C)=O)C[C@H](OC(=O)/C=C\c4ccccc4)[C@@]1(C)[C@@H]23. The number of carbonyl (C=O) groups excluding carboxylic acids is 3. The molecule has 1 aromatic heterocycles. The molecule has 4 fully saturated rings. The maximum atomic E-state index is 13.6. The van der Waals surface area contributed by atoms with Gasteiger partial charge in [-0.05, 0) is 48.1 Å². The van der Waals surface area contributed by atoms with Gasteiger partial charge in [0, 0.05) is 53.9 Å². The Morgan fingerprint density at radius 3 is 2.47 bits per heavy atom. The molecule has 0 amide bonds. The first-order valence-electron chi connectivity index (χ1n) is 16.6. The van der Waals surface area contributed by atoms with E-state index in [1.807, 2.05) is 36.4 Å². The molecule has 250 valence electrons. The molecule has 0 radical (unpaired) electrons. The highest BCUT2D eigenvalue weighted by molar-refractivity contribution is 5.87. The van der Waals surface area contributed by atoms with E-state index in [0.29, 0.717) is 6.61 Å². The van der Waals surface area contributed by atoms with Gasteiger partial charge in [-0.3, -0.25) is 9.59 Å². The van der Waals surface area contributed by atoms with Crippen molar-refractivity contribution in [3.05, 3.63) is 77.3 Å². The lowest BCUT2D eigenvalue weighted by Crippen LogP contribution is -2.71. The zero-order chi connectivity index (χ0) is 33.3. The summed E-state index contributed by atoms with van der Waals surface area (Å²) in [5.74, 6) is -1.70. The molecule has 2 aliphatic heterocycles. The van der Waals surface area contributed by atoms with E-state index in [0.717, 1.165) is 17.5 Å². The second-order valence-corrected chi connectivity index (χ2v) is 14.7. The summed E-state index contributed by atoms with van der Waals surface area (Å²) in [4.78, 5) is 39.5. The van der Waals surface area contributed by atoms with E-state index in [4.69, 9.17) is 28.1 Å². The van der Waals surface area contributed by atoms with Gasteiger partial charge < -0.3 is 28.1 Å². The van der Waals surface area contributed by atoms with Crippen LogP contribution in [0, 0.1) is 28.1 Å². The summed E-state index contributed by atoms with van der Waals surface area (Å²) in [6, 6.07) is 11.5. The number of hydrogen-bond donors (Lipinski definition) is 0. The molecule has 0 unspecified atom stereocenters. The molecule has 11 atom stereocenters. The Labute approximate surface area is 275 Å². The molecular weight excluding hydrogens is 600 g/mol. The van der Waals surface area contributed by atoms with Crippen molar-refractivity contribution in [2.45, 2.75) is 90.3 Å². The fourth-order valence-corrected chi connectivity index (χ4v) is 10.6. The highest BCUT2D eigenvalue weighted by atomic mass is 16.6. The third kappa shape index (κ3) is 4.75. The van der Waals surface area contributed by atoms with Crippen LogP contribution in [0.15, 0.2) is 70.6 Å². The van der Waals surface area contributed by atoms with E-state index < -0.39 is 40.4 Å². The summed E-state index contributed by atoms with van der Waals surface area (Å²) < 4.78 is 37.0. The van der Waals surface area contributed by atoms with Gasteiger partial charge in [0.25, 0.3) is 0 Å². The second kappa shape index (κ2) is 11.5. The fourth-order valence-electron chi connectivity index (χ4n) is 10.6. The maximum absolute atomic E-state index is 13.6. The number of furan rings is 1. The molecule has 2 saturated carbocycles. The molecule has 1 aromatic carbocycles. The minimum Gasteiger partial charge on any atom is -0.472 e. The standard InChI is InChI=1S/C38H44O9/c1-21-25(24-14-15-43-19-24)16-26-32(21)38(5)27(17-31(41)42-6)37(4)29(47-30(40)13-12-23-10-8-7-9-11-23)18-28(45-22(2)39)36(3)20-44-33(34(36)37)35(38)46-26/h7-15,19,25-29,33-35H,16-18,20H2,1-6H3/b13-12-/t25-,26-,27-,28-,29+,33-,34+,35-,36-,37+,38-/m1/s1. The van der Waals surface area contributed by atoms with Crippen LogP contribution in [0.2, 0.25) is 0 Å². The Morgan fingerprint density at radius 2 is 1.79 bits per heavy atom. The van der Waals surface area contributed by atoms with E-state index >= 15 is 0 Å². The zero-order valence-electron chi connectivity index (χ0n) is 27.9. The number of fused-ring (bicyclic) bond motifs is 4. The molecule has 9 heteroatoms. The molecule has 9 nitrogen and oxygen atoms in total. The zero-order valence-corrected chi connectivity index (χ0v) is 27.9. The molecule has 47 heavy (non-hydrogen) atoms. The van der Waals surface area contributed by atoms with Crippen LogP contribution < -0.4 is 0 Å². The molecule has 3 aliphatic carbocycles. The van der Waals surface area contributed by atoms with Crippen molar-refractivity contribution in [1.29, 1.82) is 0 Å². The first kappa shape index (κ1) is 31.9. The second-order valence-electron chi connectivity index (χ2n) is 14.7. The summed E-state index contributed by atoms with van der Waals surface area (Å²) in [7, 11) is 1.41. The average Bonchev–Trinajstić information content (AvgIpc) is 3.82. The topological polar surface area (TPSA) is 111 Å². The molecule has 2 aromatic rings. The van der Waals surface area contributed by atoms with Crippen LogP contribution in [-0.4, -0.2) is 62.1 Å². The van der Waals surface area contributed by atoms with Crippen LogP contribution in [0.3, 0.4) is 0 Å². The van der Waals surface area contributed by atoms with Crippen molar-refractivity contribution >= 4 is 24.0 Å². The number of ether oxygens (including phenoxy) is 5. The lowest BCUT2D eigenvalue weighted by Gasteiger charge is -2.65. The molecular formula is C38H44O9. The molecule has 0 N–H and O–H groups in total. The van der Waals surface area contributed by atoms with Gasteiger partial charge in [-0.15, -0.1) is 0 Å². The minimum absolute atomic E-state index is 0.106. The van der Waals surface area contributed by atoms with Gasteiger partial charge in [-0.1, -0.05) is 56.7 Å². The smallest absolute Gasteiger partial charge is 0.331 e. The summed E-state index contributed by atoms with van der Waals surface area (Å²) in [6.45, 7) is 10.4. The van der Waals surface area contributed by atoms with Crippen molar-refractivity contribution in [2.24, 2.45) is 28.1 Å². The van der Waals surface area contributed by atoms with Gasteiger partial charge >= 0.3 is 17.9 Å². The number of rotatable bonds is 7. The summed E-state index contributed by atoms with van der Waals surface area (Å²) in [5.41, 5.74) is 2.36. The normalized spacial score (nSPS) is 40.1. The first-order chi connectivity index (χ1) is 22.4. The summed E-state index contributed by atoms with van der Waals surface area (Å²) in [6.07, 6.45) is 5.65. The van der Waals surface area contributed by atoms with E-state index in [2.05, 4.69) is 27.7 Å². The Morgan fingerprint density at radius 1 is 1.02 bits per heavy atom. The van der Waals surface area contributed by atoms with Crippen LogP contribution in [0.25, 0.3) is 6.08 Å². The largest absolute Gasteiger partial charge is 0.472 e. The lowest BCUT2D eigenvalue weighted by atomic mass is 9.40. The first-order valence-corrected chi connectivity index (χ1v) is 16.6. The Balaban J connectivity index is 1.36. The number of methoxy groups -OCH3 is 1. The molecule has 0 bridgehead atoms. The predicted molar refractivity (Wildman–Crippen MR) is 171 cm³/mol. The molecule has 2 saturated heterocycles. The highest BCUT2D eigenvalue weighted by Gasteiger charge is 2.78. The van der Waals surface area contributed by atoms with Crippen molar-refractivity contribution in [3.8, 4) is 0 Å². The van der Waals surface area contributed by atoms with Crippen LogP contribution >= 0.6 is 0 Å². The fraction of sp³-hybridized carbons (Fsp3) is 0.553. The van der Waals surface area contributed by atoms with Crippen LogP contribution in [-0.2, 0) is 38.1 Å². The van der Waals surface area contributed by atoms with E-state index in [-0.39, 0.29) is 54.9 Å². The average molecular weight is 645 g/mol. The van der Waals surface area contributed by atoms with Crippen molar-refractivity contribution in [3.63, 3.8) is 0 Å². The van der Waals surface area contributed by atoms with Gasteiger partial charge in [0.2, 0.25) is 0 Å². The van der Waals surface area contributed by atoms with Gasteiger partial charge in [0.15, 0.2) is 0 Å². The molecule has 3 heterocycles. The van der Waals surface area contributed by atoms with Crippen LogP contribution in [0.1, 0.15) is 70.9 Å². The highest BCUT2D eigenvalue weighted by Crippen LogP contribution is 2.74. The monoisotopic (exact) mass is 644 g/mol. The summed E-state index contributed by atoms with van der Waals surface area (Å²) >= 11 is 0. The maximum Gasteiger partial charge on any atom is 0.331 e. The Bertz CT molecular complexity index is 1610. The van der Waals surface area contributed by atoms with Crippen molar-refractivity contribution < 1.29 is 42.5 Å². The predicted octanol–water partition coefficient (Wildman–Crippen LogP) is 6.04. The van der Waals surface area contributed by atoms with E-state index in [9.17, 15) is 14.4 Å². The van der Waals surface area contributed by atoms with E-state index in [1.165, 1.54) is 31.3 Å². The quantitative estimate of drug-likeness (QED) is 0.154. The Kier molecular flexibility index (Phi) is 7.79. The molecule has 7 rings (SSSR count). The van der Waals surface area contributed by atoms with Gasteiger partial charge in [0.05, 0.1) is 44.6 Å². The van der Waals surface area contributed by atoms with E-state index in [1.54, 1.807) is 18.6 Å². The number of esters is 3. The van der Waals surface area contributed by atoms with Crippen molar-refractivity contribution in [2.75, 3.05) is 13.7 Å². The molecule has 0 spiro atoms. The van der Waals surface area contributed by atoms with Gasteiger partial charge in [-0.2, -0.15) is 0 Å². The third-order valence-electron chi connectivity index (χ3n) is 12.5. The Hall–Kier alpha value is -3.69. The minimum atomic E-state index is -0.776. The summed E-state index contributed by atoms with van der Waals surface area (Å²) in [5, 5.41) is 0. The van der Waals surface area contributed by atoms with Crippen LogP contribution in [0.5, 0.6) is 0 Å². The van der Waals surface area contributed by atoms with Gasteiger partial charge in [-0.25, -0.2) is 4.79 Å².